The quantitative estimate of drug-likeness (QED) is 0.696. The van der Waals surface area contributed by atoms with Crippen LogP contribution in [0.15, 0.2) is 0 Å². The summed E-state index contributed by atoms with van der Waals surface area (Å²) in [5.74, 6) is 3.19. The molecule has 0 aromatic rings. The maximum atomic E-state index is 6.68. The fourth-order valence-corrected chi connectivity index (χ4v) is 6.32. The molecule has 2 saturated carbocycles. The number of hydrogen-bond acceptors (Lipinski definition) is 3. The van der Waals surface area contributed by atoms with E-state index < -0.39 is 0 Å². The minimum Gasteiger partial charge on any atom is -0.371 e. The van der Waals surface area contributed by atoms with Crippen LogP contribution in [0.4, 0.5) is 0 Å². The maximum Gasteiger partial charge on any atom is 0.161 e. The van der Waals surface area contributed by atoms with Crippen LogP contribution in [-0.2, 0) is 14.2 Å². The van der Waals surface area contributed by atoms with Crippen molar-refractivity contribution in [1.82, 2.24) is 0 Å². The van der Waals surface area contributed by atoms with Gasteiger partial charge in [-0.25, -0.2) is 0 Å². The van der Waals surface area contributed by atoms with Crippen LogP contribution in [-0.4, -0.2) is 36.5 Å². The van der Waals surface area contributed by atoms with Crippen LogP contribution in [0.5, 0.6) is 0 Å². The Kier molecular flexibility index (Phi) is 4.96. The van der Waals surface area contributed by atoms with Crippen molar-refractivity contribution in [1.29, 1.82) is 0 Å². The Hall–Kier alpha value is 0.360. The van der Waals surface area contributed by atoms with Gasteiger partial charge in [-0.15, -0.1) is 0 Å². The van der Waals surface area contributed by atoms with Gasteiger partial charge in [0.25, 0.3) is 0 Å². The SMILES string of the molecule is CO[C@@H]1O[C@H](C(C)C)[C@H](C(C)C)O[C@H]2[C@H](Br)[C@@H]3C[C@H]2[C@H]1[C@H]3C. The van der Waals surface area contributed by atoms with E-state index in [0.717, 1.165) is 0 Å². The Morgan fingerprint density at radius 3 is 2.09 bits per heavy atom. The van der Waals surface area contributed by atoms with Gasteiger partial charge in [-0.3, -0.25) is 0 Å². The Balaban J connectivity index is 1.95. The molecular formula is C18H31BrO3. The molecule has 128 valence electrons. The van der Waals surface area contributed by atoms with Gasteiger partial charge in [0, 0.05) is 17.9 Å². The number of methoxy groups -OCH3 is 1. The Morgan fingerprint density at radius 1 is 1.00 bits per heavy atom. The molecule has 0 radical (unpaired) electrons. The van der Waals surface area contributed by atoms with Crippen molar-refractivity contribution in [2.45, 2.75) is 70.5 Å². The summed E-state index contributed by atoms with van der Waals surface area (Å²) in [6.45, 7) is 11.3. The molecule has 22 heavy (non-hydrogen) atoms. The lowest BCUT2D eigenvalue weighted by Crippen LogP contribution is -2.55. The molecule has 3 nitrogen and oxygen atoms in total. The molecule has 3 fully saturated rings. The van der Waals surface area contributed by atoms with E-state index in [0.29, 0.717) is 46.4 Å². The molecule has 2 bridgehead atoms. The van der Waals surface area contributed by atoms with E-state index in [2.05, 4.69) is 50.5 Å². The zero-order valence-corrected chi connectivity index (χ0v) is 16.2. The number of halogens is 1. The van der Waals surface area contributed by atoms with Crippen molar-refractivity contribution in [2.24, 2.45) is 35.5 Å². The average Bonchev–Trinajstić information content (AvgIpc) is 2.91. The van der Waals surface area contributed by atoms with Gasteiger partial charge in [0.1, 0.15) is 0 Å². The third-order valence-electron chi connectivity index (χ3n) is 6.26. The summed E-state index contributed by atoms with van der Waals surface area (Å²) < 4.78 is 19.0. The molecule has 0 aromatic heterocycles. The predicted molar refractivity (Wildman–Crippen MR) is 91.0 cm³/mol. The van der Waals surface area contributed by atoms with Gasteiger partial charge in [0.05, 0.1) is 18.3 Å². The molecule has 1 heterocycles. The lowest BCUT2D eigenvalue weighted by Gasteiger charge is -2.48. The van der Waals surface area contributed by atoms with E-state index in [9.17, 15) is 0 Å². The van der Waals surface area contributed by atoms with E-state index in [1.807, 2.05) is 0 Å². The number of hydrogen-bond donors (Lipinski definition) is 0. The van der Waals surface area contributed by atoms with E-state index >= 15 is 0 Å². The minimum absolute atomic E-state index is 0.0925. The molecule has 2 aliphatic carbocycles. The van der Waals surface area contributed by atoms with Crippen molar-refractivity contribution < 1.29 is 14.2 Å². The largest absolute Gasteiger partial charge is 0.371 e. The molecule has 1 saturated heterocycles. The normalized spacial score (nSPS) is 51.4. The topological polar surface area (TPSA) is 27.7 Å². The highest BCUT2D eigenvalue weighted by molar-refractivity contribution is 9.09. The molecule has 9 atom stereocenters. The predicted octanol–water partition coefficient (Wildman–Crippen LogP) is 4.09. The van der Waals surface area contributed by atoms with Crippen LogP contribution < -0.4 is 0 Å². The van der Waals surface area contributed by atoms with E-state index in [1.54, 1.807) is 7.11 Å². The molecular weight excluding hydrogens is 344 g/mol. The molecule has 0 amide bonds. The second-order valence-electron chi connectivity index (χ2n) is 8.20. The van der Waals surface area contributed by atoms with Gasteiger partial charge in [-0.05, 0) is 36.0 Å². The second kappa shape index (κ2) is 6.34. The molecule has 0 spiro atoms. The summed E-state index contributed by atoms with van der Waals surface area (Å²) in [4.78, 5) is 0.480. The highest BCUT2D eigenvalue weighted by Gasteiger charge is 2.61. The summed E-state index contributed by atoms with van der Waals surface area (Å²) in [6.07, 6.45) is 1.69. The molecule has 4 heteroatoms. The maximum absolute atomic E-state index is 6.68. The molecule has 0 unspecified atom stereocenters. The van der Waals surface area contributed by atoms with E-state index in [1.165, 1.54) is 6.42 Å². The Morgan fingerprint density at radius 2 is 1.59 bits per heavy atom. The second-order valence-corrected chi connectivity index (χ2v) is 9.26. The summed E-state index contributed by atoms with van der Waals surface area (Å²) in [6, 6.07) is 0. The third kappa shape index (κ3) is 2.58. The van der Waals surface area contributed by atoms with Gasteiger partial charge in [-0.1, -0.05) is 50.5 Å². The molecule has 3 aliphatic rings. The number of rotatable bonds is 3. The summed E-state index contributed by atoms with van der Waals surface area (Å²) >= 11 is 3.95. The number of fused-ring (bicyclic) bond motifs is 1. The smallest absolute Gasteiger partial charge is 0.161 e. The summed E-state index contributed by atoms with van der Waals surface area (Å²) in [5.41, 5.74) is 0. The van der Waals surface area contributed by atoms with Crippen LogP contribution in [0.3, 0.4) is 0 Å². The van der Waals surface area contributed by atoms with Crippen molar-refractivity contribution in [3.05, 3.63) is 0 Å². The fourth-order valence-electron chi connectivity index (χ4n) is 5.11. The van der Waals surface area contributed by atoms with Crippen LogP contribution in [0.25, 0.3) is 0 Å². The molecule has 3 rings (SSSR count). The monoisotopic (exact) mass is 374 g/mol. The Bertz CT molecular complexity index is 400. The van der Waals surface area contributed by atoms with Crippen molar-refractivity contribution in [3.63, 3.8) is 0 Å². The fraction of sp³-hybridized carbons (Fsp3) is 1.00. The Labute approximate surface area is 143 Å². The highest BCUT2D eigenvalue weighted by atomic mass is 79.9. The lowest BCUT2D eigenvalue weighted by atomic mass is 9.77. The van der Waals surface area contributed by atoms with Crippen LogP contribution in [0.2, 0.25) is 0 Å². The number of alkyl halides is 1. The highest BCUT2D eigenvalue weighted by Crippen LogP contribution is 2.58. The van der Waals surface area contributed by atoms with Gasteiger partial charge >= 0.3 is 0 Å². The van der Waals surface area contributed by atoms with Crippen molar-refractivity contribution in [2.75, 3.05) is 7.11 Å². The first-order valence-electron chi connectivity index (χ1n) is 8.84. The first-order chi connectivity index (χ1) is 10.4. The zero-order valence-electron chi connectivity index (χ0n) is 14.7. The van der Waals surface area contributed by atoms with Crippen LogP contribution in [0.1, 0.15) is 41.0 Å². The molecule has 0 aromatic carbocycles. The van der Waals surface area contributed by atoms with Crippen LogP contribution >= 0.6 is 15.9 Å². The third-order valence-corrected chi connectivity index (χ3v) is 7.46. The van der Waals surface area contributed by atoms with Crippen LogP contribution in [0, 0.1) is 35.5 Å². The minimum atomic E-state index is -0.0925. The number of ether oxygens (including phenoxy) is 3. The molecule has 1 aliphatic heterocycles. The molecule has 0 N–H and O–H groups in total. The van der Waals surface area contributed by atoms with Crippen molar-refractivity contribution in [3.8, 4) is 0 Å². The zero-order chi connectivity index (χ0) is 16.2. The van der Waals surface area contributed by atoms with Gasteiger partial charge < -0.3 is 14.2 Å². The van der Waals surface area contributed by atoms with Gasteiger partial charge in [-0.2, -0.15) is 0 Å². The van der Waals surface area contributed by atoms with Gasteiger partial charge in [0.15, 0.2) is 6.29 Å². The first-order valence-corrected chi connectivity index (χ1v) is 9.76. The lowest BCUT2D eigenvalue weighted by molar-refractivity contribution is -0.272. The standard InChI is InChI=1S/C18H31BrO3/c1-8(2)15-16(9(3)4)22-18(20-6)13-10(5)11-7-12(13)17(21-15)14(11)19/h8-18H,7H2,1-6H3/t10-,11+,12-,13+,14+,15-,16+,17+,18+/m0/s1. The van der Waals surface area contributed by atoms with E-state index in [-0.39, 0.29) is 18.5 Å². The van der Waals surface area contributed by atoms with Crippen molar-refractivity contribution >= 4 is 15.9 Å². The summed E-state index contributed by atoms with van der Waals surface area (Å²) in [5, 5.41) is 0. The van der Waals surface area contributed by atoms with E-state index in [4.69, 9.17) is 14.2 Å². The van der Waals surface area contributed by atoms with Gasteiger partial charge in [0.2, 0.25) is 0 Å². The summed E-state index contributed by atoms with van der Waals surface area (Å²) in [7, 11) is 1.80. The average molecular weight is 375 g/mol. The first kappa shape index (κ1) is 17.2.